The summed E-state index contributed by atoms with van der Waals surface area (Å²) in [5.74, 6) is 0.109. The van der Waals surface area contributed by atoms with E-state index in [-0.39, 0.29) is 5.78 Å². The molecule has 19 heavy (non-hydrogen) atoms. The van der Waals surface area contributed by atoms with Crippen LogP contribution < -0.4 is 0 Å². The molecule has 0 saturated carbocycles. The Morgan fingerprint density at radius 2 is 2.11 bits per heavy atom. The molecule has 0 saturated heterocycles. The van der Waals surface area contributed by atoms with E-state index in [2.05, 4.69) is 28.0 Å². The molecule has 3 nitrogen and oxygen atoms in total. The minimum atomic E-state index is 0.109. The number of benzene rings is 1. The number of ketones is 1. The molecule has 0 amide bonds. The van der Waals surface area contributed by atoms with Crippen LogP contribution in [-0.4, -0.2) is 15.6 Å². The van der Waals surface area contributed by atoms with E-state index in [9.17, 15) is 4.79 Å². The second-order valence-electron chi connectivity index (χ2n) is 4.69. The van der Waals surface area contributed by atoms with Crippen molar-refractivity contribution >= 4 is 21.7 Å². The van der Waals surface area contributed by atoms with Crippen LogP contribution in [0.1, 0.15) is 34.2 Å². The molecular weight excluding hydrogens is 304 g/mol. The number of rotatable bonds is 4. The molecule has 2 aromatic rings. The summed E-state index contributed by atoms with van der Waals surface area (Å²) >= 11 is 3.46. The van der Waals surface area contributed by atoms with Gasteiger partial charge in [-0.15, -0.1) is 0 Å². The lowest BCUT2D eigenvalue weighted by Gasteiger charge is -2.05. The predicted molar refractivity (Wildman–Crippen MR) is 79.5 cm³/mol. The molecule has 1 aromatic carbocycles. The molecule has 100 valence electrons. The molecule has 0 aliphatic rings. The molecule has 0 N–H and O–H groups in total. The highest BCUT2D eigenvalue weighted by Gasteiger charge is 2.14. The fraction of sp³-hybridized carbons (Fsp3) is 0.333. The summed E-state index contributed by atoms with van der Waals surface area (Å²) in [5, 5.41) is 4.37. The second-order valence-corrected chi connectivity index (χ2v) is 5.54. The minimum absolute atomic E-state index is 0.109. The summed E-state index contributed by atoms with van der Waals surface area (Å²) in [5.41, 5.74) is 3.84. The lowest BCUT2D eigenvalue weighted by molar-refractivity contribution is 0.0990. The van der Waals surface area contributed by atoms with E-state index < -0.39 is 0 Å². The van der Waals surface area contributed by atoms with Crippen LogP contribution in [0.4, 0.5) is 0 Å². The normalized spacial score (nSPS) is 10.7. The summed E-state index contributed by atoms with van der Waals surface area (Å²) in [6.45, 7) is 4.07. The van der Waals surface area contributed by atoms with Crippen molar-refractivity contribution in [2.45, 2.75) is 26.7 Å². The quantitative estimate of drug-likeness (QED) is 0.808. The molecule has 1 heterocycles. The monoisotopic (exact) mass is 320 g/mol. The fourth-order valence-electron chi connectivity index (χ4n) is 2.02. The number of nitrogens with zero attached hydrogens (tertiary/aromatic N) is 2. The number of carbonyl (C=O) groups is 1. The average molecular weight is 321 g/mol. The zero-order valence-electron chi connectivity index (χ0n) is 11.4. The van der Waals surface area contributed by atoms with Crippen LogP contribution >= 0.6 is 15.9 Å². The Kier molecular flexibility index (Phi) is 4.20. The van der Waals surface area contributed by atoms with E-state index >= 15 is 0 Å². The van der Waals surface area contributed by atoms with E-state index in [0.717, 1.165) is 33.4 Å². The number of Topliss-reactive ketones (excluding diaryl/α,β-unsaturated/α-hetero) is 1. The van der Waals surface area contributed by atoms with Gasteiger partial charge >= 0.3 is 0 Å². The standard InChI is InChI=1S/C15H17BrN2O/c1-4-11-8-12(18(3)17-11)9-15(19)13-6-5-10(2)7-14(13)16/h5-8H,4,9H2,1-3H3. The Morgan fingerprint density at radius 3 is 2.68 bits per heavy atom. The van der Waals surface area contributed by atoms with Gasteiger partial charge in [0.05, 0.1) is 12.1 Å². The van der Waals surface area contributed by atoms with Crippen molar-refractivity contribution in [1.29, 1.82) is 0 Å². The zero-order chi connectivity index (χ0) is 14.0. The van der Waals surface area contributed by atoms with Crippen LogP contribution in [0.2, 0.25) is 0 Å². The van der Waals surface area contributed by atoms with Crippen LogP contribution in [0.5, 0.6) is 0 Å². The molecule has 4 heteroatoms. The lowest BCUT2D eigenvalue weighted by atomic mass is 10.0. The van der Waals surface area contributed by atoms with Gasteiger partial charge in [-0.05, 0) is 37.1 Å². The predicted octanol–water partition coefficient (Wildman–Crippen LogP) is 3.48. The van der Waals surface area contributed by atoms with Crippen LogP contribution in [0.15, 0.2) is 28.7 Å². The highest BCUT2D eigenvalue weighted by Crippen LogP contribution is 2.20. The van der Waals surface area contributed by atoms with Crippen LogP contribution in [-0.2, 0) is 19.9 Å². The Hall–Kier alpha value is -1.42. The Balaban J connectivity index is 2.23. The van der Waals surface area contributed by atoms with Gasteiger partial charge in [0.25, 0.3) is 0 Å². The first-order valence-electron chi connectivity index (χ1n) is 6.32. The maximum atomic E-state index is 12.3. The van der Waals surface area contributed by atoms with Gasteiger partial charge in [0.15, 0.2) is 5.78 Å². The number of halogens is 1. The largest absolute Gasteiger partial charge is 0.294 e. The third kappa shape index (κ3) is 3.13. The maximum absolute atomic E-state index is 12.3. The first-order chi connectivity index (χ1) is 9.01. The number of aromatic nitrogens is 2. The third-order valence-corrected chi connectivity index (χ3v) is 3.81. The summed E-state index contributed by atoms with van der Waals surface area (Å²) < 4.78 is 2.65. The summed E-state index contributed by atoms with van der Waals surface area (Å²) in [7, 11) is 1.88. The van der Waals surface area contributed by atoms with Gasteiger partial charge in [-0.2, -0.15) is 5.10 Å². The van der Waals surface area contributed by atoms with Crippen molar-refractivity contribution in [1.82, 2.24) is 9.78 Å². The number of carbonyl (C=O) groups excluding carboxylic acids is 1. The topological polar surface area (TPSA) is 34.9 Å². The number of hydrogen-bond acceptors (Lipinski definition) is 2. The van der Waals surface area contributed by atoms with Crippen LogP contribution in [0.25, 0.3) is 0 Å². The summed E-state index contributed by atoms with van der Waals surface area (Å²) in [6, 6.07) is 7.80. The van der Waals surface area contributed by atoms with E-state index in [0.29, 0.717) is 6.42 Å². The lowest BCUT2D eigenvalue weighted by Crippen LogP contribution is -2.08. The van der Waals surface area contributed by atoms with E-state index in [1.165, 1.54) is 0 Å². The number of aryl methyl sites for hydroxylation is 3. The van der Waals surface area contributed by atoms with E-state index in [1.807, 2.05) is 38.2 Å². The van der Waals surface area contributed by atoms with E-state index in [4.69, 9.17) is 0 Å². The van der Waals surface area contributed by atoms with Gasteiger partial charge in [-0.25, -0.2) is 0 Å². The van der Waals surface area contributed by atoms with Crippen molar-refractivity contribution in [2.75, 3.05) is 0 Å². The van der Waals surface area contributed by atoms with Gasteiger partial charge in [-0.3, -0.25) is 9.48 Å². The SMILES string of the molecule is CCc1cc(CC(=O)c2ccc(C)cc2Br)n(C)n1. The van der Waals surface area contributed by atoms with Crippen LogP contribution in [0.3, 0.4) is 0 Å². The first kappa shape index (κ1) is 14.0. The van der Waals surface area contributed by atoms with Crippen molar-refractivity contribution < 1.29 is 4.79 Å². The Morgan fingerprint density at radius 1 is 1.37 bits per heavy atom. The highest BCUT2D eigenvalue weighted by molar-refractivity contribution is 9.10. The van der Waals surface area contributed by atoms with Crippen molar-refractivity contribution in [3.8, 4) is 0 Å². The molecule has 0 spiro atoms. The molecule has 0 aliphatic heterocycles. The molecule has 0 atom stereocenters. The van der Waals surface area contributed by atoms with Gasteiger partial charge in [0.2, 0.25) is 0 Å². The van der Waals surface area contributed by atoms with Gasteiger partial charge in [0.1, 0.15) is 0 Å². The molecular formula is C15H17BrN2O. The van der Waals surface area contributed by atoms with E-state index in [1.54, 1.807) is 4.68 Å². The molecule has 0 fully saturated rings. The molecule has 0 radical (unpaired) electrons. The van der Waals surface area contributed by atoms with Crippen LogP contribution in [0, 0.1) is 6.92 Å². The van der Waals surface area contributed by atoms with Crippen molar-refractivity contribution in [3.05, 3.63) is 51.3 Å². The molecule has 0 bridgehead atoms. The molecule has 1 aromatic heterocycles. The van der Waals surface area contributed by atoms with Crippen molar-refractivity contribution in [3.63, 3.8) is 0 Å². The first-order valence-corrected chi connectivity index (χ1v) is 7.11. The average Bonchev–Trinajstić information content (AvgIpc) is 2.70. The molecule has 0 unspecified atom stereocenters. The third-order valence-electron chi connectivity index (χ3n) is 3.16. The maximum Gasteiger partial charge on any atom is 0.169 e. The summed E-state index contributed by atoms with van der Waals surface area (Å²) in [6.07, 6.45) is 1.27. The van der Waals surface area contributed by atoms with Gasteiger partial charge in [0, 0.05) is 22.8 Å². The number of hydrogen-bond donors (Lipinski definition) is 0. The van der Waals surface area contributed by atoms with Gasteiger partial charge < -0.3 is 0 Å². The minimum Gasteiger partial charge on any atom is -0.294 e. The Bertz CT molecular complexity index is 617. The zero-order valence-corrected chi connectivity index (χ0v) is 13.0. The second kappa shape index (κ2) is 5.70. The smallest absolute Gasteiger partial charge is 0.169 e. The highest BCUT2D eigenvalue weighted by atomic mass is 79.9. The fourth-order valence-corrected chi connectivity index (χ4v) is 2.73. The van der Waals surface area contributed by atoms with Crippen molar-refractivity contribution in [2.24, 2.45) is 7.05 Å². The molecule has 2 rings (SSSR count). The molecule has 0 aliphatic carbocycles. The van der Waals surface area contributed by atoms with Gasteiger partial charge in [-0.1, -0.05) is 28.9 Å². The summed E-state index contributed by atoms with van der Waals surface area (Å²) in [4.78, 5) is 12.3. The Labute approximate surface area is 121 Å².